The first kappa shape index (κ1) is 26.1. The van der Waals surface area contributed by atoms with E-state index in [2.05, 4.69) is 38.7 Å². The molecule has 0 bridgehead atoms. The molecular weight excluding hydrogens is 405 g/mol. The molecule has 0 spiro atoms. The molecule has 0 fully saturated rings. The van der Waals surface area contributed by atoms with Crippen LogP contribution in [0.15, 0.2) is 66.6 Å². The summed E-state index contributed by atoms with van der Waals surface area (Å²) in [5.74, 6) is 0.272. The number of anilines is 1. The molecule has 1 unspecified atom stereocenters. The first-order chi connectivity index (χ1) is 14.1. The van der Waals surface area contributed by atoms with Crippen LogP contribution in [0.1, 0.15) is 28.9 Å². The van der Waals surface area contributed by atoms with Crippen LogP contribution < -0.4 is 72.1 Å². The molecule has 0 aliphatic rings. The number of benzene rings is 1. The van der Waals surface area contributed by atoms with Crippen molar-refractivity contribution in [1.29, 1.82) is 0 Å². The molecule has 1 aromatic heterocycles. The van der Waals surface area contributed by atoms with Crippen LogP contribution in [0.2, 0.25) is 0 Å². The Labute approximate surface area is 220 Å². The fourth-order valence-electron chi connectivity index (χ4n) is 2.39. The summed E-state index contributed by atoms with van der Waals surface area (Å²) in [5, 5.41) is 8.89. The second-order valence-corrected chi connectivity index (χ2v) is 6.02. The standard InChI is InChI=1S/C22H25N5O2.K/c1-5-19(14-23-3)26-10-9-25-16(2)17-7-6-8-20(11-17)27-22(28)18-12-21(29-4)15-24-13-18;/h5-8,10-16,23,25H,1H2,2-4H3,(H,27,28);/q-2;+1. The zero-order valence-corrected chi connectivity index (χ0v) is 20.9. The molecule has 2 aromatic rings. The number of carbonyl (C=O) groups excluding carboxylic acids is 1. The third-order valence-corrected chi connectivity index (χ3v) is 3.93. The molecule has 7 nitrogen and oxygen atoms in total. The van der Waals surface area contributed by atoms with Crippen molar-refractivity contribution in [3.05, 3.63) is 85.5 Å². The molecule has 3 N–H and O–H groups in total. The largest absolute Gasteiger partial charge is 1.00 e. The molecule has 0 saturated carbocycles. The topological polar surface area (TPSA) is 87.6 Å². The van der Waals surface area contributed by atoms with Gasteiger partial charge in [0.2, 0.25) is 0 Å². The fourth-order valence-corrected chi connectivity index (χ4v) is 2.39. The van der Waals surface area contributed by atoms with Crippen LogP contribution in [-0.2, 0) is 0 Å². The summed E-state index contributed by atoms with van der Waals surface area (Å²) >= 11 is 0. The number of methoxy groups -OCH3 is 1. The Bertz CT molecular complexity index is 899. The fraction of sp³-hybridized carbons (Fsp3) is 0.182. The molecule has 1 amide bonds. The van der Waals surface area contributed by atoms with Gasteiger partial charge in [-0.3, -0.25) is 9.78 Å². The van der Waals surface area contributed by atoms with E-state index in [0.717, 1.165) is 5.56 Å². The van der Waals surface area contributed by atoms with E-state index >= 15 is 0 Å². The van der Waals surface area contributed by atoms with E-state index in [1.54, 1.807) is 38.1 Å². The summed E-state index contributed by atoms with van der Waals surface area (Å²) in [5.41, 5.74) is 2.79. The molecule has 0 aliphatic carbocycles. The first-order valence-corrected chi connectivity index (χ1v) is 9.01. The molecule has 0 radical (unpaired) electrons. The third kappa shape index (κ3) is 8.43. The van der Waals surface area contributed by atoms with Gasteiger partial charge in [0.25, 0.3) is 5.91 Å². The number of nitrogens with one attached hydrogen (secondary N) is 3. The monoisotopic (exact) mass is 430 g/mol. The van der Waals surface area contributed by atoms with Gasteiger partial charge >= 0.3 is 51.4 Å². The van der Waals surface area contributed by atoms with Gasteiger partial charge in [0.1, 0.15) is 5.75 Å². The average molecular weight is 431 g/mol. The molecule has 152 valence electrons. The second-order valence-electron chi connectivity index (χ2n) is 6.02. The smallest absolute Gasteiger partial charge is 0.560 e. The molecule has 1 heterocycles. The Morgan fingerprint density at radius 3 is 2.87 bits per heavy atom. The predicted molar refractivity (Wildman–Crippen MR) is 116 cm³/mol. The molecule has 2 rings (SSSR count). The summed E-state index contributed by atoms with van der Waals surface area (Å²) < 4.78 is 5.11. The van der Waals surface area contributed by atoms with Gasteiger partial charge in [-0.15, -0.1) is 12.7 Å². The number of aliphatic imine (C=N–C) groups is 1. The van der Waals surface area contributed by atoms with E-state index in [4.69, 9.17) is 4.74 Å². The van der Waals surface area contributed by atoms with E-state index in [0.29, 0.717) is 22.7 Å². The number of hydrogen-bond donors (Lipinski definition) is 3. The minimum atomic E-state index is -0.257. The number of pyridine rings is 1. The average Bonchev–Trinajstić information content (AvgIpc) is 2.75. The number of ether oxygens (including phenoxy) is 1. The van der Waals surface area contributed by atoms with Crippen LogP contribution in [0.5, 0.6) is 5.75 Å². The molecule has 1 atom stereocenters. The van der Waals surface area contributed by atoms with Crippen molar-refractivity contribution < 1.29 is 60.9 Å². The number of aromatic nitrogens is 1. The molecule has 0 saturated heterocycles. The van der Waals surface area contributed by atoms with Crippen molar-refractivity contribution in [1.82, 2.24) is 15.6 Å². The number of amides is 1. The van der Waals surface area contributed by atoms with E-state index in [1.807, 2.05) is 31.2 Å². The predicted octanol–water partition coefficient (Wildman–Crippen LogP) is 0.280. The maximum Gasteiger partial charge on any atom is 1.00 e. The van der Waals surface area contributed by atoms with Gasteiger partial charge in [-0.05, 0) is 37.7 Å². The van der Waals surface area contributed by atoms with Gasteiger partial charge < -0.3 is 31.9 Å². The Hall–Kier alpha value is -1.94. The Morgan fingerprint density at radius 1 is 1.37 bits per heavy atom. The Morgan fingerprint density at radius 2 is 2.17 bits per heavy atom. The molecule has 8 heteroatoms. The zero-order valence-electron chi connectivity index (χ0n) is 17.8. The normalized spacial score (nSPS) is 11.9. The van der Waals surface area contributed by atoms with Crippen molar-refractivity contribution in [2.24, 2.45) is 4.99 Å². The second kappa shape index (κ2) is 14.1. The van der Waals surface area contributed by atoms with E-state index < -0.39 is 0 Å². The van der Waals surface area contributed by atoms with Crippen LogP contribution in [0.3, 0.4) is 0 Å². The van der Waals surface area contributed by atoms with E-state index in [1.165, 1.54) is 13.3 Å². The molecule has 1 aromatic carbocycles. The number of carbonyl (C=O) groups is 1. The van der Waals surface area contributed by atoms with Crippen molar-refractivity contribution in [3.8, 4) is 5.75 Å². The minimum absolute atomic E-state index is 0. The number of rotatable bonds is 10. The van der Waals surface area contributed by atoms with Crippen LogP contribution in [-0.4, -0.2) is 30.8 Å². The van der Waals surface area contributed by atoms with Crippen LogP contribution in [0.25, 0.3) is 0 Å². The third-order valence-electron chi connectivity index (χ3n) is 3.93. The van der Waals surface area contributed by atoms with Crippen molar-refractivity contribution in [3.63, 3.8) is 0 Å². The van der Waals surface area contributed by atoms with Gasteiger partial charge in [-0.2, -0.15) is 12.7 Å². The van der Waals surface area contributed by atoms with E-state index in [-0.39, 0.29) is 63.3 Å². The van der Waals surface area contributed by atoms with Crippen molar-refractivity contribution in [2.75, 3.05) is 19.5 Å². The minimum Gasteiger partial charge on any atom is -0.560 e. The van der Waals surface area contributed by atoms with E-state index in [9.17, 15) is 4.79 Å². The Kier molecular flexibility index (Phi) is 12.3. The molecule has 30 heavy (non-hydrogen) atoms. The summed E-state index contributed by atoms with van der Waals surface area (Å²) in [4.78, 5) is 20.7. The van der Waals surface area contributed by atoms with Crippen LogP contribution in [0, 0.1) is 12.7 Å². The maximum absolute atomic E-state index is 12.4. The first-order valence-electron chi connectivity index (χ1n) is 9.01. The van der Waals surface area contributed by atoms with Gasteiger partial charge in [0.15, 0.2) is 0 Å². The van der Waals surface area contributed by atoms with Crippen molar-refractivity contribution >= 4 is 17.3 Å². The summed E-state index contributed by atoms with van der Waals surface area (Å²) in [6.07, 6.45) is 9.17. The molecular formula is C22H25KN5O2-. The van der Waals surface area contributed by atoms with Crippen molar-refractivity contribution in [2.45, 2.75) is 13.0 Å². The summed E-state index contributed by atoms with van der Waals surface area (Å²) in [7, 11) is 3.33. The van der Waals surface area contributed by atoms with Gasteiger partial charge in [-0.1, -0.05) is 17.8 Å². The van der Waals surface area contributed by atoms with Crippen LogP contribution >= 0.6 is 0 Å². The number of hydrogen-bond acceptors (Lipinski definition) is 6. The summed E-state index contributed by atoms with van der Waals surface area (Å²) in [6.45, 7) is 7.42. The summed E-state index contributed by atoms with van der Waals surface area (Å²) in [6, 6.07) is 9.19. The van der Waals surface area contributed by atoms with Crippen LogP contribution in [0.4, 0.5) is 5.69 Å². The van der Waals surface area contributed by atoms with Gasteiger partial charge in [-0.25, -0.2) is 0 Å². The molecule has 0 aliphatic heterocycles. The SMILES string of the molecule is C=CC([CH-]NC)=NC=[C-]NC(C)c1cccc(NC(=O)c2cncc(OC)c2)c1.[K+]. The van der Waals surface area contributed by atoms with Gasteiger partial charge in [0, 0.05) is 17.9 Å². The Balaban J connectivity index is 0.00000450. The quantitative estimate of drug-likeness (QED) is 0.218. The maximum atomic E-state index is 12.4. The number of nitrogens with zero attached hydrogens (tertiary/aromatic N) is 2. The van der Waals surface area contributed by atoms with Gasteiger partial charge in [0.05, 0.1) is 18.9 Å². The zero-order chi connectivity index (χ0) is 21.1.